The van der Waals surface area contributed by atoms with Gasteiger partial charge < -0.3 is 20.5 Å². The van der Waals surface area contributed by atoms with Gasteiger partial charge in [0, 0.05) is 6.54 Å². The van der Waals surface area contributed by atoms with E-state index in [1.54, 1.807) is 6.92 Å². The van der Waals surface area contributed by atoms with E-state index < -0.39 is 5.97 Å². The predicted octanol–water partition coefficient (Wildman–Crippen LogP) is 0.315. The highest BCUT2D eigenvalue weighted by molar-refractivity contribution is 7.17. The van der Waals surface area contributed by atoms with Crippen molar-refractivity contribution in [3.63, 3.8) is 0 Å². The Bertz CT molecular complexity index is 487. The molecule has 0 fully saturated rings. The van der Waals surface area contributed by atoms with Gasteiger partial charge in [0.1, 0.15) is 11.5 Å². The van der Waals surface area contributed by atoms with Crippen molar-refractivity contribution in [2.75, 3.05) is 31.6 Å². The fourth-order valence-electron chi connectivity index (χ4n) is 1.28. The average molecular weight is 299 g/mol. The van der Waals surface area contributed by atoms with Crippen molar-refractivity contribution >= 4 is 28.3 Å². The molecule has 1 rings (SSSR count). The highest BCUT2D eigenvalue weighted by atomic mass is 32.1. The average Bonchev–Trinajstić information content (AvgIpc) is 2.77. The number of anilines is 1. The number of thiazole rings is 1. The number of hydrogen-bond acceptors (Lipinski definition) is 7. The van der Waals surface area contributed by atoms with E-state index in [1.807, 2.05) is 0 Å². The maximum atomic E-state index is 11.7. The Morgan fingerprint density at radius 1 is 1.55 bits per heavy atom. The quantitative estimate of drug-likeness (QED) is 0.363. The molecule has 7 nitrogen and oxygen atoms in total. The van der Waals surface area contributed by atoms with Crippen LogP contribution in [0.1, 0.15) is 15.4 Å². The molecule has 8 heteroatoms. The molecule has 0 bridgehead atoms. The van der Waals surface area contributed by atoms with E-state index in [0.717, 1.165) is 11.3 Å². The molecule has 0 aromatic carbocycles. The number of aliphatic hydroxyl groups is 1. The molecule has 0 aliphatic carbocycles. The number of nitrogens with one attached hydrogen (secondary N) is 2. The van der Waals surface area contributed by atoms with Gasteiger partial charge in [-0.25, -0.2) is 9.78 Å². The zero-order valence-corrected chi connectivity index (χ0v) is 12.0. The Labute approximate surface area is 120 Å². The third kappa shape index (κ3) is 5.08. The van der Waals surface area contributed by atoms with Crippen LogP contribution in [0.25, 0.3) is 0 Å². The first kappa shape index (κ1) is 16.3. The summed E-state index contributed by atoms with van der Waals surface area (Å²) in [6, 6.07) is 0. The normalized spacial score (nSPS) is 10.1. The number of hydrogen-bond donors (Lipinski definition) is 3. The number of nitrogens with zero attached hydrogens (tertiary/aromatic N) is 1. The molecule has 110 valence electrons. The highest BCUT2D eigenvalue weighted by Crippen LogP contribution is 2.23. The summed E-state index contributed by atoms with van der Waals surface area (Å²) in [5.41, 5.74) is 0.502. The molecule has 1 heterocycles. The number of aromatic nitrogens is 1. The van der Waals surface area contributed by atoms with Crippen molar-refractivity contribution in [1.82, 2.24) is 10.3 Å². The second-order valence-electron chi connectivity index (χ2n) is 3.77. The van der Waals surface area contributed by atoms with Gasteiger partial charge in [-0.15, -0.1) is 0 Å². The smallest absolute Gasteiger partial charge is 0.350 e. The summed E-state index contributed by atoms with van der Waals surface area (Å²) < 4.78 is 4.92. The topological polar surface area (TPSA) is 101 Å². The van der Waals surface area contributed by atoms with Gasteiger partial charge in [-0.2, -0.15) is 0 Å². The van der Waals surface area contributed by atoms with Crippen molar-refractivity contribution in [2.45, 2.75) is 6.92 Å². The van der Waals surface area contributed by atoms with Gasteiger partial charge in [0.2, 0.25) is 5.91 Å². The lowest BCUT2D eigenvalue weighted by atomic mass is 10.4. The Hall–Kier alpha value is -1.77. The largest absolute Gasteiger partial charge is 0.457 e. The van der Waals surface area contributed by atoms with Crippen molar-refractivity contribution in [3.8, 4) is 0 Å². The zero-order chi connectivity index (χ0) is 15.0. The van der Waals surface area contributed by atoms with Gasteiger partial charge in [0.05, 0.1) is 18.8 Å². The van der Waals surface area contributed by atoms with Crippen LogP contribution in [0.4, 0.5) is 5.13 Å². The summed E-state index contributed by atoms with van der Waals surface area (Å²) in [5, 5.41) is 14.2. The maximum absolute atomic E-state index is 11.7. The third-order valence-electron chi connectivity index (χ3n) is 2.13. The summed E-state index contributed by atoms with van der Waals surface area (Å²) in [7, 11) is 0. The molecule has 0 aliphatic heterocycles. The summed E-state index contributed by atoms with van der Waals surface area (Å²) in [5.74, 6) is -0.781. The number of aryl methyl sites for hydroxylation is 1. The van der Waals surface area contributed by atoms with Crippen LogP contribution >= 0.6 is 11.3 Å². The minimum atomic E-state index is -0.487. The Morgan fingerprint density at radius 3 is 2.95 bits per heavy atom. The number of carbonyl (C=O) groups is 2. The minimum Gasteiger partial charge on any atom is -0.457 e. The lowest BCUT2D eigenvalue weighted by Crippen LogP contribution is -2.29. The van der Waals surface area contributed by atoms with E-state index in [-0.39, 0.29) is 25.7 Å². The summed E-state index contributed by atoms with van der Waals surface area (Å²) >= 11 is 1.06. The van der Waals surface area contributed by atoms with Crippen LogP contribution in [0.2, 0.25) is 0 Å². The monoisotopic (exact) mass is 299 g/mol. The standard InChI is InChI=1S/C12H17N3O4S/c1-3-6-19-11(18)10-8(2)14-12(20-10)15-9(17)7-13-4-5-16/h3,13,16H,1,4-7H2,2H3,(H,14,15,17). The fourth-order valence-corrected chi connectivity index (χ4v) is 2.16. The van der Waals surface area contributed by atoms with Gasteiger partial charge in [-0.1, -0.05) is 24.0 Å². The van der Waals surface area contributed by atoms with Crippen LogP contribution in [0, 0.1) is 6.92 Å². The van der Waals surface area contributed by atoms with Crippen LogP contribution < -0.4 is 10.6 Å². The molecule has 0 spiro atoms. The van der Waals surface area contributed by atoms with Crippen LogP contribution in [-0.2, 0) is 9.53 Å². The Balaban J connectivity index is 2.58. The molecule has 0 unspecified atom stereocenters. The van der Waals surface area contributed by atoms with Gasteiger partial charge in [-0.3, -0.25) is 4.79 Å². The Morgan fingerprint density at radius 2 is 2.30 bits per heavy atom. The van der Waals surface area contributed by atoms with E-state index in [9.17, 15) is 9.59 Å². The SMILES string of the molecule is C=CCOC(=O)c1sc(NC(=O)CNCCO)nc1C. The molecule has 1 amide bonds. The highest BCUT2D eigenvalue weighted by Gasteiger charge is 2.17. The van der Waals surface area contributed by atoms with E-state index in [4.69, 9.17) is 9.84 Å². The number of esters is 1. The fraction of sp³-hybridized carbons (Fsp3) is 0.417. The summed E-state index contributed by atoms with van der Waals surface area (Å²) in [6.07, 6.45) is 1.48. The zero-order valence-electron chi connectivity index (χ0n) is 11.1. The molecule has 0 saturated carbocycles. The number of ether oxygens (including phenoxy) is 1. The van der Waals surface area contributed by atoms with Gasteiger partial charge in [-0.05, 0) is 6.92 Å². The summed E-state index contributed by atoms with van der Waals surface area (Å²) in [4.78, 5) is 27.7. The number of aliphatic hydroxyl groups excluding tert-OH is 1. The van der Waals surface area contributed by atoms with E-state index >= 15 is 0 Å². The van der Waals surface area contributed by atoms with E-state index in [0.29, 0.717) is 22.2 Å². The first-order valence-electron chi connectivity index (χ1n) is 5.95. The first-order valence-corrected chi connectivity index (χ1v) is 6.77. The Kier molecular flexibility index (Phi) is 6.85. The van der Waals surface area contributed by atoms with Gasteiger partial charge >= 0.3 is 5.97 Å². The minimum absolute atomic E-state index is 0.0388. The number of rotatable bonds is 8. The summed E-state index contributed by atoms with van der Waals surface area (Å²) in [6.45, 7) is 5.62. The molecule has 0 saturated heterocycles. The predicted molar refractivity (Wildman–Crippen MR) is 75.9 cm³/mol. The molecule has 3 N–H and O–H groups in total. The molecule has 0 aliphatic rings. The van der Waals surface area contributed by atoms with E-state index in [2.05, 4.69) is 22.2 Å². The van der Waals surface area contributed by atoms with Crippen molar-refractivity contribution in [3.05, 3.63) is 23.2 Å². The molecule has 20 heavy (non-hydrogen) atoms. The second-order valence-corrected chi connectivity index (χ2v) is 4.77. The molecule has 0 atom stereocenters. The van der Waals surface area contributed by atoms with Crippen LogP contribution in [0.15, 0.2) is 12.7 Å². The lowest BCUT2D eigenvalue weighted by Gasteiger charge is -2.02. The van der Waals surface area contributed by atoms with Crippen LogP contribution in [0.3, 0.4) is 0 Å². The first-order chi connectivity index (χ1) is 9.58. The molecule has 1 aromatic heterocycles. The second kappa shape index (κ2) is 8.41. The van der Waals surface area contributed by atoms with Crippen molar-refractivity contribution in [2.24, 2.45) is 0 Å². The van der Waals surface area contributed by atoms with Crippen LogP contribution in [-0.4, -0.2) is 48.3 Å². The molecule has 1 aromatic rings. The maximum Gasteiger partial charge on any atom is 0.350 e. The third-order valence-corrected chi connectivity index (χ3v) is 3.19. The molecular formula is C12H17N3O4S. The molecular weight excluding hydrogens is 282 g/mol. The molecule has 0 radical (unpaired) electrons. The lowest BCUT2D eigenvalue weighted by molar-refractivity contribution is -0.115. The number of carbonyl (C=O) groups excluding carboxylic acids is 2. The van der Waals surface area contributed by atoms with Crippen molar-refractivity contribution < 1.29 is 19.4 Å². The van der Waals surface area contributed by atoms with Crippen molar-refractivity contribution in [1.29, 1.82) is 0 Å². The van der Waals surface area contributed by atoms with Crippen LogP contribution in [0.5, 0.6) is 0 Å². The van der Waals surface area contributed by atoms with Gasteiger partial charge in [0.15, 0.2) is 5.13 Å². The van der Waals surface area contributed by atoms with E-state index in [1.165, 1.54) is 6.08 Å². The van der Waals surface area contributed by atoms with Gasteiger partial charge in [0.25, 0.3) is 0 Å². The number of amides is 1.